The van der Waals surface area contributed by atoms with Crippen molar-refractivity contribution >= 4 is 28.1 Å². The highest BCUT2D eigenvalue weighted by atomic mass is 79.9. The number of hydrogen-bond donors (Lipinski definition) is 0. The third kappa shape index (κ3) is 5.27. The fraction of sp³-hybridized carbons (Fsp3) is 0.111. The Bertz CT molecular complexity index is 526. The quantitative estimate of drug-likeness (QED) is 0.633. The molecule has 0 heterocycles. The number of rotatable bonds is 5. The van der Waals surface area contributed by atoms with Crippen LogP contribution in [0.15, 0.2) is 72.8 Å². The van der Waals surface area contributed by atoms with E-state index in [4.69, 9.17) is 0 Å². The minimum atomic E-state index is 0.368. The monoisotopic (exact) mass is 312 g/mol. The van der Waals surface area contributed by atoms with Crippen molar-refractivity contribution in [1.29, 1.82) is 0 Å². The third-order valence-electron chi connectivity index (χ3n) is 2.77. The van der Waals surface area contributed by atoms with Crippen LogP contribution in [0, 0.1) is 0 Å². The predicted octanol–water partition coefficient (Wildman–Crippen LogP) is 5.57. The summed E-state index contributed by atoms with van der Waals surface area (Å²) in [5.41, 5.74) is 2.48. The van der Waals surface area contributed by atoms with Crippen LogP contribution in [-0.2, 0) is 0 Å². The summed E-state index contributed by atoms with van der Waals surface area (Å²) in [5.74, 6) is 0. The maximum absolute atomic E-state index is 3.67. The summed E-state index contributed by atoms with van der Waals surface area (Å²) in [6, 6.07) is 20.7. The third-order valence-corrected chi connectivity index (χ3v) is 3.45. The molecule has 0 nitrogen and oxygen atoms in total. The van der Waals surface area contributed by atoms with Crippen molar-refractivity contribution in [3.05, 3.63) is 83.9 Å². The Labute approximate surface area is 123 Å². The Kier molecular flexibility index (Phi) is 5.64. The summed E-state index contributed by atoms with van der Waals surface area (Å²) in [7, 11) is 0. The Morgan fingerprint density at radius 3 is 1.89 bits per heavy atom. The van der Waals surface area contributed by atoms with E-state index in [1.54, 1.807) is 0 Å². The number of benzene rings is 2. The molecular weight excluding hydrogens is 296 g/mol. The number of hydrogen-bond acceptors (Lipinski definition) is 0. The average Bonchev–Trinajstić information content (AvgIpc) is 2.47. The first-order chi connectivity index (χ1) is 9.34. The molecule has 2 rings (SSSR count). The van der Waals surface area contributed by atoms with Crippen LogP contribution in [0.25, 0.3) is 12.2 Å². The molecule has 1 unspecified atom stereocenters. The van der Waals surface area contributed by atoms with Gasteiger partial charge in [0.15, 0.2) is 0 Å². The fourth-order valence-electron chi connectivity index (χ4n) is 1.76. The van der Waals surface area contributed by atoms with Gasteiger partial charge in [-0.2, -0.15) is 0 Å². The first-order valence-corrected chi connectivity index (χ1v) is 7.35. The maximum atomic E-state index is 3.67. The molecule has 0 aliphatic carbocycles. The van der Waals surface area contributed by atoms with E-state index in [1.165, 1.54) is 11.1 Å². The number of allylic oxidation sites excluding steroid dienone is 2. The van der Waals surface area contributed by atoms with Gasteiger partial charge in [-0.3, -0.25) is 0 Å². The second kappa shape index (κ2) is 7.75. The molecule has 0 saturated carbocycles. The van der Waals surface area contributed by atoms with Crippen LogP contribution in [0.2, 0.25) is 0 Å². The van der Waals surface area contributed by atoms with Gasteiger partial charge in [0.25, 0.3) is 0 Å². The molecular formula is C18H17Br. The lowest BCUT2D eigenvalue weighted by Crippen LogP contribution is -1.88. The van der Waals surface area contributed by atoms with E-state index in [-0.39, 0.29) is 0 Å². The molecule has 19 heavy (non-hydrogen) atoms. The van der Waals surface area contributed by atoms with E-state index in [9.17, 15) is 0 Å². The largest absolute Gasteiger partial charge is 0.0842 e. The van der Waals surface area contributed by atoms with Crippen molar-refractivity contribution in [3.63, 3.8) is 0 Å². The van der Waals surface area contributed by atoms with Gasteiger partial charge in [0.05, 0.1) is 0 Å². The van der Waals surface area contributed by atoms with E-state index in [1.807, 2.05) is 12.1 Å². The van der Waals surface area contributed by atoms with E-state index in [0.717, 1.165) is 6.42 Å². The van der Waals surface area contributed by atoms with Crippen molar-refractivity contribution in [2.45, 2.75) is 11.2 Å². The SMILES string of the molecule is BrC(C=Cc1ccccc1)CC=Cc1ccccc1. The molecule has 2 aromatic carbocycles. The second-order valence-corrected chi connectivity index (χ2v) is 5.51. The van der Waals surface area contributed by atoms with E-state index >= 15 is 0 Å². The van der Waals surface area contributed by atoms with Crippen molar-refractivity contribution in [2.24, 2.45) is 0 Å². The normalized spacial score (nSPS) is 13.1. The molecule has 96 valence electrons. The molecule has 0 amide bonds. The Morgan fingerprint density at radius 2 is 1.32 bits per heavy atom. The Morgan fingerprint density at radius 1 is 0.789 bits per heavy atom. The van der Waals surface area contributed by atoms with Crippen LogP contribution in [0.3, 0.4) is 0 Å². The molecule has 0 N–H and O–H groups in total. The minimum absolute atomic E-state index is 0.368. The minimum Gasteiger partial charge on any atom is -0.0842 e. The van der Waals surface area contributed by atoms with Gasteiger partial charge in [0.2, 0.25) is 0 Å². The second-order valence-electron chi connectivity index (χ2n) is 4.33. The molecule has 0 aliphatic heterocycles. The Balaban J connectivity index is 1.83. The highest BCUT2D eigenvalue weighted by Crippen LogP contribution is 2.12. The predicted molar refractivity (Wildman–Crippen MR) is 88.3 cm³/mol. The van der Waals surface area contributed by atoms with Gasteiger partial charge >= 0.3 is 0 Å². The molecule has 2 aromatic rings. The molecule has 0 bridgehead atoms. The summed E-state index contributed by atoms with van der Waals surface area (Å²) in [4.78, 5) is 0.368. The van der Waals surface area contributed by atoms with Crippen LogP contribution >= 0.6 is 15.9 Å². The van der Waals surface area contributed by atoms with Gasteiger partial charge in [0.1, 0.15) is 0 Å². The van der Waals surface area contributed by atoms with Crippen molar-refractivity contribution in [3.8, 4) is 0 Å². The molecule has 0 radical (unpaired) electrons. The lowest BCUT2D eigenvalue weighted by molar-refractivity contribution is 1.10. The van der Waals surface area contributed by atoms with Crippen molar-refractivity contribution in [1.82, 2.24) is 0 Å². The summed E-state index contributed by atoms with van der Waals surface area (Å²) in [6.07, 6.45) is 9.67. The van der Waals surface area contributed by atoms with Crippen LogP contribution in [0.1, 0.15) is 17.5 Å². The van der Waals surface area contributed by atoms with E-state index < -0.39 is 0 Å². The standard InChI is InChI=1S/C18H17Br/c19-18(15-14-17-10-5-2-6-11-17)13-7-12-16-8-3-1-4-9-16/h1-12,14-15,18H,13H2. The Hall–Kier alpha value is -1.60. The first-order valence-electron chi connectivity index (χ1n) is 6.43. The van der Waals surface area contributed by atoms with Crippen molar-refractivity contribution in [2.75, 3.05) is 0 Å². The summed E-state index contributed by atoms with van der Waals surface area (Å²) in [5, 5.41) is 0. The molecule has 0 aliphatic rings. The number of halogens is 1. The summed E-state index contributed by atoms with van der Waals surface area (Å²) in [6.45, 7) is 0. The van der Waals surface area contributed by atoms with E-state index in [2.05, 4.69) is 88.8 Å². The topological polar surface area (TPSA) is 0 Å². The average molecular weight is 313 g/mol. The van der Waals surface area contributed by atoms with Crippen LogP contribution in [-0.4, -0.2) is 4.83 Å². The van der Waals surface area contributed by atoms with Gasteiger partial charge in [0, 0.05) is 4.83 Å². The molecule has 1 atom stereocenters. The number of alkyl halides is 1. The maximum Gasteiger partial charge on any atom is 0.0363 e. The molecule has 0 aromatic heterocycles. The first kappa shape index (κ1) is 13.8. The van der Waals surface area contributed by atoms with E-state index in [0.29, 0.717) is 4.83 Å². The zero-order chi connectivity index (χ0) is 13.3. The zero-order valence-corrected chi connectivity index (χ0v) is 12.3. The van der Waals surface area contributed by atoms with Gasteiger partial charge in [-0.25, -0.2) is 0 Å². The lowest BCUT2D eigenvalue weighted by Gasteiger charge is -1.99. The smallest absolute Gasteiger partial charge is 0.0363 e. The highest BCUT2D eigenvalue weighted by molar-refractivity contribution is 9.09. The van der Waals surface area contributed by atoms with Gasteiger partial charge in [-0.1, -0.05) is 101 Å². The van der Waals surface area contributed by atoms with Crippen molar-refractivity contribution < 1.29 is 0 Å². The highest BCUT2D eigenvalue weighted by Gasteiger charge is 1.95. The molecule has 0 fully saturated rings. The fourth-order valence-corrected chi connectivity index (χ4v) is 2.12. The molecule has 0 saturated heterocycles. The van der Waals surface area contributed by atoms with Crippen LogP contribution in [0.4, 0.5) is 0 Å². The zero-order valence-electron chi connectivity index (χ0n) is 10.7. The van der Waals surface area contributed by atoms with Gasteiger partial charge in [-0.15, -0.1) is 0 Å². The van der Waals surface area contributed by atoms with Crippen LogP contribution in [0.5, 0.6) is 0 Å². The van der Waals surface area contributed by atoms with Gasteiger partial charge in [-0.05, 0) is 17.5 Å². The molecule has 1 heteroatoms. The summed E-state index contributed by atoms with van der Waals surface area (Å²) >= 11 is 3.67. The lowest BCUT2D eigenvalue weighted by atomic mass is 10.1. The van der Waals surface area contributed by atoms with Gasteiger partial charge < -0.3 is 0 Å². The molecule has 0 spiro atoms. The summed E-state index contributed by atoms with van der Waals surface area (Å²) < 4.78 is 0. The van der Waals surface area contributed by atoms with Crippen LogP contribution < -0.4 is 0 Å².